The Bertz CT molecular complexity index is 3190. The molecule has 11 rings (SSSR count). The molecule has 0 radical (unpaired) electrons. The standard InChI is InChI=1S/C48H29N3O/c1-2-14-31(15-3-1)45-48(50-41-25-8-7-24-40(41)49-45)51-42-28-27-30-13-4-5-18-34(30)44(42)39-23-11-20-35(46(39)51)32-16-10-17-33(29-32)36-21-12-22-38-37-19-6-9-26-43(37)52-47(36)38/h1-29H. The molecule has 4 heteroatoms. The highest BCUT2D eigenvalue weighted by Gasteiger charge is 2.23. The van der Waals surface area contributed by atoms with E-state index >= 15 is 0 Å². The molecule has 0 N–H and O–H groups in total. The predicted molar refractivity (Wildman–Crippen MR) is 215 cm³/mol. The molecule has 0 unspecified atom stereocenters. The monoisotopic (exact) mass is 663 g/mol. The van der Waals surface area contributed by atoms with Crippen molar-refractivity contribution < 1.29 is 4.42 Å². The van der Waals surface area contributed by atoms with E-state index in [1.165, 1.54) is 21.5 Å². The number of hydrogen-bond donors (Lipinski definition) is 0. The van der Waals surface area contributed by atoms with Gasteiger partial charge in [-0.1, -0.05) is 146 Å². The number of rotatable bonds is 4. The molecule has 0 atom stereocenters. The van der Waals surface area contributed by atoms with E-state index in [4.69, 9.17) is 14.4 Å². The molecule has 3 aromatic heterocycles. The van der Waals surface area contributed by atoms with E-state index in [1.807, 2.05) is 42.5 Å². The molecule has 11 aromatic rings. The third-order valence-corrected chi connectivity index (χ3v) is 10.4. The first-order chi connectivity index (χ1) is 25.8. The van der Waals surface area contributed by atoms with Crippen LogP contribution < -0.4 is 0 Å². The van der Waals surface area contributed by atoms with E-state index in [2.05, 4.69) is 138 Å². The van der Waals surface area contributed by atoms with Gasteiger partial charge in [-0.2, -0.15) is 0 Å². The fourth-order valence-electron chi connectivity index (χ4n) is 8.05. The van der Waals surface area contributed by atoms with Crippen LogP contribution in [-0.2, 0) is 0 Å². The fourth-order valence-corrected chi connectivity index (χ4v) is 8.05. The van der Waals surface area contributed by atoms with Crippen molar-refractivity contribution >= 4 is 65.6 Å². The summed E-state index contributed by atoms with van der Waals surface area (Å²) in [4.78, 5) is 10.7. The van der Waals surface area contributed by atoms with Crippen LogP contribution in [0.4, 0.5) is 0 Å². The van der Waals surface area contributed by atoms with Crippen LogP contribution >= 0.6 is 0 Å². The van der Waals surface area contributed by atoms with Crippen LogP contribution in [0.2, 0.25) is 0 Å². The molecule has 0 aliphatic heterocycles. The summed E-state index contributed by atoms with van der Waals surface area (Å²) >= 11 is 0. The summed E-state index contributed by atoms with van der Waals surface area (Å²) in [7, 11) is 0. The largest absolute Gasteiger partial charge is 0.455 e. The SMILES string of the molecule is c1ccc(-c2nc3ccccc3nc2-n2c3ccc4ccccc4c3c3cccc(-c4cccc(-c5cccc6c5oc5ccccc56)c4)c32)cc1. The van der Waals surface area contributed by atoms with E-state index in [-0.39, 0.29) is 0 Å². The lowest BCUT2D eigenvalue weighted by molar-refractivity contribution is 0.670. The lowest BCUT2D eigenvalue weighted by atomic mass is 9.96. The van der Waals surface area contributed by atoms with Gasteiger partial charge >= 0.3 is 0 Å². The number of hydrogen-bond acceptors (Lipinski definition) is 3. The van der Waals surface area contributed by atoms with Crippen molar-refractivity contribution in [1.29, 1.82) is 0 Å². The van der Waals surface area contributed by atoms with Gasteiger partial charge in [0.05, 0.1) is 22.1 Å². The Morgan fingerprint density at radius 2 is 1.08 bits per heavy atom. The Kier molecular flexibility index (Phi) is 6.22. The molecule has 0 saturated heterocycles. The molecule has 3 heterocycles. The van der Waals surface area contributed by atoms with Crippen LogP contribution in [0, 0.1) is 0 Å². The maximum atomic E-state index is 6.48. The van der Waals surface area contributed by atoms with Gasteiger partial charge in [-0.05, 0) is 52.2 Å². The molecule has 0 aliphatic rings. The second kappa shape index (κ2) is 11.2. The van der Waals surface area contributed by atoms with Gasteiger partial charge < -0.3 is 4.42 Å². The molecule has 52 heavy (non-hydrogen) atoms. The predicted octanol–water partition coefficient (Wildman–Crippen LogP) is 12.8. The number of fused-ring (bicyclic) bond motifs is 9. The highest BCUT2D eigenvalue weighted by atomic mass is 16.3. The average Bonchev–Trinajstić information content (AvgIpc) is 3.77. The zero-order valence-corrected chi connectivity index (χ0v) is 28.0. The van der Waals surface area contributed by atoms with E-state index in [0.717, 1.165) is 83.3 Å². The lowest BCUT2D eigenvalue weighted by Gasteiger charge is -2.16. The zero-order valence-electron chi connectivity index (χ0n) is 28.0. The summed E-state index contributed by atoms with van der Waals surface area (Å²) < 4.78 is 8.83. The molecule has 4 nitrogen and oxygen atoms in total. The van der Waals surface area contributed by atoms with Crippen molar-refractivity contribution in [3.8, 4) is 39.3 Å². The Labute approximate surface area is 298 Å². The maximum absolute atomic E-state index is 6.48. The van der Waals surface area contributed by atoms with Crippen LogP contribution in [0.3, 0.4) is 0 Å². The van der Waals surface area contributed by atoms with Crippen molar-refractivity contribution in [1.82, 2.24) is 14.5 Å². The van der Waals surface area contributed by atoms with E-state index in [0.29, 0.717) is 0 Å². The third kappa shape index (κ3) is 4.28. The first-order valence-corrected chi connectivity index (χ1v) is 17.6. The quantitative estimate of drug-likeness (QED) is 0.188. The molecule has 8 aromatic carbocycles. The van der Waals surface area contributed by atoms with Gasteiger partial charge in [0.15, 0.2) is 5.82 Å². The van der Waals surface area contributed by atoms with Crippen molar-refractivity contribution in [3.63, 3.8) is 0 Å². The van der Waals surface area contributed by atoms with Crippen LogP contribution in [0.5, 0.6) is 0 Å². The highest BCUT2D eigenvalue weighted by Crippen LogP contribution is 2.44. The second-order valence-electron chi connectivity index (χ2n) is 13.3. The lowest BCUT2D eigenvalue weighted by Crippen LogP contribution is -2.04. The minimum Gasteiger partial charge on any atom is -0.455 e. The van der Waals surface area contributed by atoms with Gasteiger partial charge in [-0.15, -0.1) is 0 Å². The zero-order chi connectivity index (χ0) is 34.2. The van der Waals surface area contributed by atoms with Gasteiger partial charge in [0.25, 0.3) is 0 Å². The van der Waals surface area contributed by atoms with Crippen molar-refractivity contribution in [3.05, 3.63) is 176 Å². The smallest absolute Gasteiger partial charge is 0.165 e. The normalized spacial score (nSPS) is 11.8. The van der Waals surface area contributed by atoms with Crippen LogP contribution in [0.25, 0.3) is 105 Å². The second-order valence-corrected chi connectivity index (χ2v) is 13.3. The topological polar surface area (TPSA) is 43.9 Å². The molecule has 0 fully saturated rings. The summed E-state index contributed by atoms with van der Waals surface area (Å²) in [6.07, 6.45) is 0. The van der Waals surface area contributed by atoms with Gasteiger partial charge in [0.2, 0.25) is 0 Å². The van der Waals surface area contributed by atoms with Gasteiger partial charge in [-0.3, -0.25) is 4.57 Å². The van der Waals surface area contributed by atoms with Crippen LogP contribution in [0.15, 0.2) is 180 Å². The fraction of sp³-hybridized carbons (Fsp3) is 0. The number of para-hydroxylation sites is 5. The Balaban J connectivity index is 1.24. The molecular weight excluding hydrogens is 635 g/mol. The van der Waals surface area contributed by atoms with Crippen molar-refractivity contribution in [2.24, 2.45) is 0 Å². The molecule has 0 bridgehead atoms. The van der Waals surface area contributed by atoms with Gasteiger partial charge in [0, 0.05) is 38.2 Å². The summed E-state index contributed by atoms with van der Waals surface area (Å²) in [5.74, 6) is 0.802. The van der Waals surface area contributed by atoms with Gasteiger partial charge in [0.1, 0.15) is 16.9 Å². The van der Waals surface area contributed by atoms with E-state index < -0.39 is 0 Å². The van der Waals surface area contributed by atoms with Gasteiger partial charge in [-0.25, -0.2) is 9.97 Å². The summed E-state index contributed by atoms with van der Waals surface area (Å²) in [5.41, 5.74) is 12.0. The number of benzene rings is 8. The minimum atomic E-state index is 0.802. The number of furan rings is 1. The molecule has 242 valence electrons. The molecule has 0 amide bonds. The number of aromatic nitrogens is 3. The first-order valence-electron chi connectivity index (χ1n) is 17.6. The first kappa shape index (κ1) is 28.8. The summed E-state index contributed by atoms with van der Waals surface area (Å²) in [6, 6.07) is 61.8. The van der Waals surface area contributed by atoms with E-state index in [9.17, 15) is 0 Å². The van der Waals surface area contributed by atoms with E-state index in [1.54, 1.807) is 0 Å². The summed E-state index contributed by atoms with van der Waals surface area (Å²) in [6.45, 7) is 0. The summed E-state index contributed by atoms with van der Waals surface area (Å²) in [5, 5.41) is 7.03. The van der Waals surface area contributed by atoms with Crippen LogP contribution in [0.1, 0.15) is 0 Å². The third-order valence-electron chi connectivity index (χ3n) is 10.4. The minimum absolute atomic E-state index is 0.802. The molecular formula is C48H29N3O. The Morgan fingerprint density at radius 3 is 1.94 bits per heavy atom. The Hall–Kier alpha value is -7.04. The molecule has 0 spiro atoms. The number of nitrogens with zero attached hydrogens (tertiary/aromatic N) is 3. The van der Waals surface area contributed by atoms with Crippen molar-refractivity contribution in [2.45, 2.75) is 0 Å². The van der Waals surface area contributed by atoms with Crippen molar-refractivity contribution in [2.75, 3.05) is 0 Å². The van der Waals surface area contributed by atoms with Crippen LogP contribution in [-0.4, -0.2) is 14.5 Å². The average molecular weight is 664 g/mol. The highest BCUT2D eigenvalue weighted by molar-refractivity contribution is 6.23. The Morgan fingerprint density at radius 1 is 0.442 bits per heavy atom. The molecule has 0 saturated carbocycles. The molecule has 0 aliphatic carbocycles. The maximum Gasteiger partial charge on any atom is 0.165 e.